The SMILES string of the molecule is Cn1cc(CNC(=O)N(CC(=O)O)C(C)(C)C)cn1. The highest BCUT2D eigenvalue weighted by Gasteiger charge is 2.28. The quantitative estimate of drug-likeness (QED) is 0.846. The van der Waals surface area contributed by atoms with Crippen molar-refractivity contribution in [3.8, 4) is 0 Å². The summed E-state index contributed by atoms with van der Waals surface area (Å²) in [4.78, 5) is 24.1. The second-order valence-electron chi connectivity index (χ2n) is 5.33. The number of nitrogens with zero attached hydrogens (tertiary/aromatic N) is 3. The average Bonchev–Trinajstić information content (AvgIpc) is 2.67. The molecule has 2 amide bonds. The first-order valence-corrected chi connectivity index (χ1v) is 5.95. The molecule has 7 heteroatoms. The Hall–Kier alpha value is -2.05. The molecule has 7 nitrogen and oxygen atoms in total. The van der Waals surface area contributed by atoms with Gasteiger partial charge in [-0.3, -0.25) is 9.48 Å². The lowest BCUT2D eigenvalue weighted by Crippen LogP contribution is -2.52. The highest BCUT2D eigenvalue weighted by atomic mass is 16.4. The number of urea groups is 1. The topological polar surface area (TPSA) is 87.5 Å². The molecule has 0 aliphatic rings. The van der Waals surface area contributed by atoms with Crippen molar-refractivity contribution < 1.29 is 14.7 Å². The van der Waals surface area contributed by atoms with Crippen molar-refractivity contribution in [2.24, 2.45) is 7.05 Å². The fourth-order valence-electron chi connectivity index (χ4n) is 1.59. The van der Waals surface area contributed by atoms with Crippen molar-refractivity contribution in [3.63, 3.8) is 0 Å². The summed E-state index contributed by atoms with van der Waals surface area (Å²) in [6.45, 7) is 5.36. The molecule has 0 bridgehead atoms. The number of nitrogens with one attached hydrogen (secondary N) is 1. The van der Waals surface area contributed by atoms with E-state index in [0.29, 0.717) is 6.54 Å². The van der Waals surface area contributed by atoms with Gasteiger partial charge in [0.1, 0.15) is 6.54 Å². The van der Waals surface area contributed by atoms with Crippen LogP contribution in [0.5, 0.6) is 0 Å². The summed E-state index contributed by atoms with van der Waals surface area (Å²) in [5.74, 6) is -1.04. The summed E-state index contributed by atoms with van der Waals surface area (Å²) in [5, 5.41) is 15.5. The average molecular weight is 268 g/mol. The Bertz CT molecular complexity index is 462. The Morgan fingerprint density at radius 2 is 2.11 bits per heavy atom. The van der Waals surface area contributed by atoms with E-state index in [9.17, 15) is 9.59 Å². The lowest BCUT2D eigenvalue weighted by molar-refractivity contribution is -0.138. The molecular weight excluding hydrogens is 248 g/mol. The molecular formula is C12H20N4O3. The van der Waals surface area contributed by atoms with Crippen LogP contribution in [0.1, 0.15) is 26.3 Å². The van der Waals surface area contributed by atoms with Gasteiger partial charge in [-0.15, -0.1) is 0 Å². The number of carbonyl (C=O) groups excluding carboxylic acids is 1. The fraction of sp³-hybridized carbons (Fsp3) is 0.583. The molecule has 0 saturated carbocycles. The third-order valence-electron chi connectivity index (χ3n) is 2.55. The first kappa shape index (κ1) is 15.0. The van der Waals surface area contributed by atoms with E-state index in [1.165, 1.54) is 4.90 Å². The van der Waals surface area contributed by atoms with Crippen LogP contribution in [0.25, 0.3) is 0 Å². The fourth-order valence-corrected chi connectivity index (χ4v) is 1.59. The van der Waals surface area contributed by atoms with Crippen molar-refractivity contribution in [1.29, 1.82) is 0 Å². The maximum Gasteiger partial charge on any atom is 0.323 e. The Morgan fingerprint density at radius 1 is 1.47 bits per heavy atom. The lowest BCUT2D eigenvalue weighted by atomic mass is 10.1. The number of hydrogen-bond acceptors (Lipinski definition) is 3. The first-order valence-electron chi connectivity index (χ1n) is 5.95. The summed E-state index contributed by atoms with van der Waals surface area (Å²) in [5.41, 5.74) is 0.303. The Balaban J connectivity index is 2.64. The second-order valence-corrected chi connectivity index (χ2v) is 5.33. The number of carboxylic acid groups (broad SMARTS) is 1. The molecule has 0 saturated heterocycles. The second kappa shape index (κ2) is 5.73. The van der Waals surface area contributed by atoms with Gasteiger partial charge in [-0.25, -0.2) is 4.79 Å². The molecule has 1 aromatic heterocycles. The molecule has 0 aliphatic heterocycles. The van der Waals surface area contributed by atoms with Crippen LogP contribution in [-0.2, 0) is 18.4 Å². The molecule has 0 aliphatic carbocycles. The molecule has 0 aromatic carbocycles. The zero-order valence-electron chi connectivity index (χ0n) is 11.7. The standard InChI is InChI=1S/C12H20N4O3/c1-12(2,3)16(8-10(17)18)11(19)13-5-9-6-14-15(4)7-9/h6-7H,5,8H2,1-4H3,(H,13,19)(H,17,18). The van der Waals surface area contributed by atoms with Gasteiger partial charge in [-0.05, 0) is 20.8 Å². The maximum atomic E-state index is 12.0. The minimum Gasteiger partial charge on any atom is -0.480 e. The largest absolute Gasteiger partial charge is 0.480 e. The van der Waals surface area contributed by atoms with Crippen molar-refractivity contribution in [3.05, 3.63) is 18.0 Å². The van der Waals surface area contributed by atoms with Crippen LogP contribution in [0.3, 0.4) is 0 Å². The summed E-state index contributed by atoms with van der Waals surface area (Å²) < 4.78 is 1.64. The zero-order chi connectivity index (χ0) is 14.6. The Labute approximate surface area is 112 Å². The predicted molar refractivity (Wildman–Crippen MR) is 69.5 cm³/mol. The van der Waals surface area contributed by atoms with Gasteiger partial charge in [0.05, 0.1) is 6.20 Å². The summed E-state index contributed by atoms with van der Waals surface area (Å²) in [6.07, 6.45) is 3.44. The summed E-state index contributed by atoms with van der Waals surface area (Å²) in [6, 6.07) is -0.404. The molecule has 0 unspecified atom stereocenters. The third kappa shape index (κ3) is 4.61. The monoisotopic (exact) mass is 268 g/mol. The maximum absolute atomic E-state index is 12.0. The zero-order valence-corrected chi connectivity index (χ0v) is 11.7. The Morgan fingerprint density at radius 3 is 2.53 bits per heavy atom. The third-order valence-corrected chi connectivity index (χ3v) is 2.55. The molecule has 1 aromatic rings. The first-order chi connectivity index (χ1) is 8.70. The molecule has 19 heavy (non-hydrogen) atoms. The number of amides is 2. The molecule has 0 fully saturated rings. The van der Waals surface area contributed by atoms with Crippen LogP contribution in [0.15, 0.2) is 12.4 Å². The van der Waals surface area contributed by atoms with E-state index in [1.54, 1.807) is 44.9 Å². The number of aliphatic carboxylic acids is 1. The van der Waals surface area contributed by atoms with Crippen LogP contribution in [0, 0.1) is 0 Å². The van der Waals surface area contributed by atoms with Crippen molar-refractivity contribution in [2.75, 3.05) is 6.54 Å². The minimum atomic E-state index is -1.04. The molecule has 1 heterocycles. The van der Waals surface area contributed by atoms with Crippen LogP contribution < -0.4 is 5.32 Å². The van der Waals surface area contributed by atoms with E-state index in [2.05, 4.69) is 10.4 Å². The van der Waals surface area contributed by atoms with E-state index < -0.39 is 17.5 Å². The van der Waals surface area contributed by atoms with E-state index in [0.717, 1.165) is 5.56 Å². The van der Waals surface area contributed by atoms with Gasteiger partial charge < -0.3 is 15.3 Å². The molecule has 106 valence electrons. The highest BCUT2D eigenvalue weighted by Crippen LogP contribution is 2.13. The van der Waals surface area contributed by atoms with Crippen molar-refractivity contribution in [1.82, 2.24) is 20.0 Å². The number of rotatable bonds is 4. The lowest BCUT2D eigenvalue weighted by Gasteiger charge is -2.34. The predicted octanol–water partition coefficient (Wildman–Crippen LogP) is 0.815. The van der Waals surface area contributed by atoms with Crippen molar-refractivity contribution >= 4 is 12.0 Å². The van der Waals surface area contributed by atoms with Gasteiger partial charge in [-0.2, -0.15) is 5.10 Å². The van der Waals surface area contributed by atoms with E-state index in [-0.39, 0.29) is 6.54 Å². The summed E-state index contributed by atoms with van der Waals surface area (Å²) in [7, 11) is 1.79. The number of aromatic nitrogens is 2. The summed E-state index contributed by atoms with van der Waals surface area (Å²) >= 11 is 0. The van der Waals surface area contributed by atoms with Gasteiger partial charge in [-0.1, -0.05) is 0 Å². The molecule has 0 spiro atoms. The minimum absolute atomic E-state index is 0.318. The van der Waals surface area contributed by atoms with Crippen LogP contribution >= 0.6 is 0 Å². The van der Waals surface area contributed by atoms with Crippen molar-refractivity contribution in [2.45, 2.75) is 32.9 Å². The molecule has 0 radical (unpaired) electrons. The van der Waals surface area contributed by atoms with Gasteiger partial charge in [0.15, 0.2) is 0 Å². The van der Waals surface area contributed by atoms with E-state index in [1.807, 2.05) is 0 Å². The highest BCUT2D eigenvalue weighted by molar-refractivity contribution is 5.80. The number of carboxylic acids is 1. The number of aryl methyl sites for hydroxylation is 1. The molecule has 0 atom stereocenters. The van der Waals surface area contributed by atoms with Crippen LogP contribution in [0.2, 0.25) is 0 Å². The van der Waals surface area contributed by atoms with Crippen LogP contribution in [-0.4, -0.2) is 43.9 Å². The van der Waals surface area contributed by atoms with Gasteiger partial charge in [0.2, 0.25) is 0 Å². The number of carbonyl (C=O) groups is 2. The van der Waals surface area contributed by atoms with E-state index in [4.69, 9.17) is 5.11 Å². The smallest absolute Gasteiger partial charge is 0.323 e. The number of hydrogen-bond donors (Lipinski definition) is 2. The normalized spacial score (nSPS) is 11.2. The van der Waals surface area contributed by atoms with Gasteiger partial charge in [0.25, 0.3) is 0 Å². The van der Waals surface area contributed by atoms with Crippen LogP contribution in [0.4, 0.5) is 4.79 Å². The van der Waals surface area contributed by atoms with Gasteiger partial charge >= 0.3 is 12.0 Å². The Kier molecular flexibility index (Phi) is 4.52. The molecule has 1 rings (SSSR count). The van der Waals surface area contributed by atoms with Gasteiger partial charge in [0, 0.05) is 30.9 Å². The van der Waals surface area contributed by atoms with E-state index >= 15 is 0 Å². The molecule has 2 N–H and O–H groups in total.